The molecule has 0 saturated carbocycles. The summed E-state index contributed by atoms with van der Waals surface area (Å²) in [7, 11) is 0. The van der Waals surface area contributed by atoms with Crippen molar-refractivity contribution in [3.63, 3.8) is 0 Å². The lowest BCUT2D eigenvalue weighted by Gasteiger charge is -2.18. The van der Waals surface area contributed by atoms with Gasteiger partial charge in [-0.05, 0) is 77.0 Å². The van der Waals surface area contributed by atoms with Crippen LogP contribution in [0.15, 0.2) is 97.2 Å². The van der Waals surface area contributed by atoms with Crippen LogP contribution >= 0.6 is 0 Å². The summed E-state index contributed by atoms with van der Waals surface area (Å²) < 4.78 is 16.7. The molecule has 0 aromatic carbocycles. The highest BCUT2D eigenvalue weighted by Crippen LogP contribution is 2.16. The molecule has 0 heterocycles. The van der Waals surface area contributed by atoms with Crippen molar-refractivity contribution < 1.29 is 28.6 Å². The SMILES string of the molecule is CC/C=C\C/C=C\C/C=C\C/C=C\C/C=C\CC(=O)OC(COC(=O)CCCCCCC/C=C\C/C=C\C/C=C\CC)COC(=O)CCCCCCCCCCCCCCCCCCCCCCCC. The minimum Gasteiger partial charge on any atom is -0.462 e. The molecule has 0 bridgehead atoms. The van der Waals surface area contributed by atoms with E-state index in [0.717, 1.165) is 109 Å². The fraction of sp³-hybridized carbons (Fsp3) is 0.703. The van der Waals surface area contributed by atoms with E-state index in [9.17, 15) is 14.4 Å². The van der Waals surface area contributed by atoms with Crippen LogP contribution < -0.4 is 0 Å². The molecule has 400 valence electrons. The van der Waals surface area contributed by atoms with Crippen LogP contribution in [-0.2, 0) is 28.6 Å². The van der Waals surface area contributed by atoms with Crippen LogP contribution in [0.5, 0.6) is 0 Å². The minimum atomic E-state index is -0.839. The Kier molecular flexibility index (Phi) is 54.9. The third-order valence-corrected chi connectivity index (χ3v) is 12.4. The van der Waals surface area contributed by atoms with E-state index in [4.69, 9.17) is 14.2 Å². The summed E-state index contributed by atoms with van der Waals surface area (Å²) in [5.74, 6) is -1.06. The van der Waals surface area contributed by atoms with Crippen LogP contribution in [-0.4, -0.2) is 37.2 Å². The van der Waals surface area contributed by atoms with Gasteiger partial charge >= 0.3 is 17.9 Å². The molecule has 6 heteroatoms. The van der Waals surface area contributed by atoms with Crippen molar-refractivity contribution in [3.8, 4) is 0 Å². The topological polar surface area (TPSA) is 78.9 Å². The van der Waals surface area contributed by atoms with Crippen LogP contribution in [0, 0.1) is 0 Å². The first-order valence-corrected chi connectivity index (χ1v) is 29.2. The molecule has 0 fully saturated rings. The Bertz CT molecular complexity index is 1400. The molecule has 0 aromatic heterocycles. The number of carbonyl (C=O) groups is 3. The first-order valence-electron chi connectivity index (χ1n) is 29.2. The van der Waals surface area contributed by atoms with E-state index in [1.165, 1.54) is 122 Å². The van der Waals surface area contributed by atoms with Gasteiger partial charge in [0.1, 0.15) is 13.2 Å². The molecule has 6 nitrogen and oxygen atoms in total. The third-order valence-electron chi connectivity index (χ3n) is 12.4. The summed E-state index contributed by atoms with van der Waals surface area (Å²) in [5.41, 5.74) is 0. The van der Waals surface area contributed by atoms with E-state index in [1.807, 2.05) is 6.08 Å². The molecule has 1 atom stereocenters. The molecule has 1 unspecified atom stereocenters. The molecule has 0 aliphatic rings. The van der Waals surface area contributed by atoms with Gasteiger partial charge in [-0.25, -0.2) is 0 Å². The van der Waals surface area contributed by atoms with Crippen molar-refractivity contribution in [2.24, 2.45) is 0 Å². The van der Waals surface area contributed by atoms with E-state index >= 15 is 0 Å². The van der Waals surface area contributed by atoms with Crippen LogP contribution in [0.2, 0.25) is 0 Å². The number of unbranched alkanes of at least 4 members (excludes halogenated alkanes) is 26. The lowest BCUT2D eigenvalue weighted by molar-refractivity contribution is -0.166. The first kappa shape index (κ1) is 66.3. The summed E-state index contributed by atoms with van der Waals surface area (Å²) in [6.07, 6.45) is 77.2. The number of esters is 3. The Labute approximate surface area is 432 Å². The molecule has 0 radical (unpaired) electrons. The Hall–Kier alpha value is -3.67. The van der Waals surface area contributed by atoms with Gasteiger partial charge in [0.2, 0.25) is 0 Å². The highest BCUT2D eigenvalue weighted by Gasteiger charge is 2.19. The zero-order valence-corrected chi connectivity index (χ0v) is 45.8. The second-order valence-electron chi connectivity index (χ2n) is 19.2. The number of carbonyl (C=O) groups excluding carboxylic acids is 3. The summed E-state index contributed by atoms with van der Waals surface area (Å²) in [6, 6.07) is 0. The van der Waals surface area contributed by atoms with Crippen molar-refractivity contribution in [2.75, 3.05) is 13.2 Å². The Morgan fingerprint density at radius 3 is 0.943 bits per heavy atom. The van der Waals surface area contributed by atoms with E-state index in [-0.39, 0.29) is 31.6 Å². The number of allylic oxidation sites excluding steroid dienone is 15. The van der Waals surface area contributed by atoms with Gasteiger partial charge in [0.25, 0.3) is 0 Å². The fourth-order valence-corrected chi connectivity index (χ4v) is 8.06. The smallest absolute Gasteiger partial charge is 0.310 e. The van der Waals surface area contributed by atoms with Crippen LogP contribution in [0.3, 0.4) is 0 Å². The van der Waals surface area contributed by atoms with E-state index in [2.05, 4.69) is 106 Å². The monoisotopic (exact) mass is 973 g/mol. The summed E-state index contributed by atoms with van der Waals surface area (Å²) in [4.78, 5) is 38.1. The first-order chi connectivity index (χ1) is 34.5. The Morgan fingerprint density at radius 1 is 0.314 bits per heavy atom. The van der Waals surface area contributed by atoms with Crippen LogP contribution in [0.1, 0.15) is 271 Å². The number of rotatable bonds is 52. The maximum atomic E-state index is 12.8. The molecule has 0 aliphatic heterocycles. The van der Waals surface area contributed by atoms with Crippen molar-refractivity contribution in [3.05, 3.63) is 97.2 Å². The lowest BCUT2D eigenvalue weighted by Crippen LogP contribution is -2.30. The zero-order valence-electron chi connectivity index (χ0n) is 45.8. The third kappa shape index (κ3) is 55.3. The molecule has 0 N–H and O–H groups in total. The highest BCUT2D eigenvalue weighted by atomic mass is 16.6. The predicted molar refractivity (Wildman–Crippen MR) is 302 cm³/mol. The molecule has 0 saturated heterocycles. The van der Waals surface area contributed by atoms with Crippen molar-refractivity contribution in [2.45, 2.75) is 277 Å². The number of hydrogen-bond acceptors (Lipinski definition) is 6. The van der Waals surface area contributed by atoms with Gasteiger partial charge in [-0.15, -0.1) is 0 Å². The van der Waals surface area contributed by atoms with Crippen LogP contribution in [0.4, 0.5) is 0 Å². The average Bonchev–Trinajstić information content (AvgIpc) is 3.36. The van der Waals surface area contributed by atoms with Gasteiger partial charge in [0.15, 0.2) is 6.10 Å². The molecular weight excluding hydrogens is 865 g/mol. The Balaban J connectivity index is 4.42. The molecular formula is C64H108O6. The summed E-state index contributed by atoms with van der Waals surface area (Å²) in [6.45, 7) is 6.33. The van der Waals surface area contributed by atoms with Crippen molar-refractivity contribution in [1.29, 1.82) is 0 Å². The van der Waals surface area contributed by atoms with Crippen molar-refractivity contribution in [1.82, 2.24) is 0 Å². The van der Waals surface area contributed by atoms with E-state index in [0.29, 0.717) is 12.8 Å². The second kappa shape index (κ2) is 57.9. The maximum Gasteiger partial charge on any atom is 0.310 e. The summed E-state index contributed by atoms with van der Waals surface area (Å²) in [5, 5.41) is 0. The zero-order chi connectivity index (χ0) is 50.7. The fourth-order valence-electron chi connectivity index (χ4n) is 8.06. The molecule has 70 heavy (non-hydrogen) atoms. The normalized spacial score (nSPS) is 12.8. The molecule has 0 amide bonds. The van der Waals surface area contributed by atoms with Gasteiger partial charge in [-0.3, -0.25) is 14.4 Å². The molecule has 0 aromatic rings. The number of ether oxygens (including phenoxy) is 3. The van der Waals surface area contributed by atoms with Gasteiger partial charge in [-0.2, -0.15) is 0 Å². The van der Waals surface area contributed by atoms with Gasteiger partial charge < -0.3 is 14.2 Å². The van der Waals surface area contributed by atoms with Crippen molar-refractivity contribution >= 4 is 17.9 Å². The Morgan fingerprint density at radius 2 is 0.600 bits per heavy atom. The lowest BCUT2D eigenvalue weighted by atomic mass is 10.0. The molecule has 0 spiro atoms. The van der Waals surface area contributed by atoms with Crippen LogP contribution in [0.25, 0.3) is 0 Å². The maximum absolute atomic E-state index is 12.8. The summed E-state index contributed by atoms with van der Waals surface area (Å²) >= 11 is 0. The van der Waals surface area contributed by atoms with Gasteiger partial charge in [-0.1, -0.05) is 272 Å². The second-order valence-corrected chi connectivity index (χ2v) is 19.2. The number of hydrogen-bond donors (Lipinski definition) is 0. The highest BCUT2D eigenvalue weighted by molar-refractivity contribution is 5.72. The molecule has 0 rings (SSSR count). The molecule has 0 aliphatic carbocycles. The van der Waals surface area contributed by atoms with Gasteiger partial charge in [0, 0.05) is 12.8 Å². The average molecular weight is 974 g/mol. The quantitative estimate of drug-likeness (QED) is 0.0262. The van der Waals surface area contributed by atoms with Gasteiger partial charge in [0.05, 0.1) is 6.42 Å². The van der Waals surface area contributed by atoms with E-state index in [1.54, 1.807) is 6.08 Å². The predicted octanol–water partition coefficient (Wildman–Crippen LogP) is 19.7. The largest absolute Gasteiger partial charge is 0.462 e. The van der Waals surface area contributed by atoms with E-state index < -0.39 is 12.1 Å². The minimum absolute atomic E-state index is 0.0924. The standard InChI is InChI=1S/C64H108O6/c1-4-7-10-13-16-19-22-25-28-29-30-31-32-33-34-37-39-42-45-48-51-54-57-63(66)69-60-61(70-64(67)58-55-52-49-46-43-40-36-27-24-21-18-15-12-9-6-3)59-68-62(65)56-53-50-47-44-41-38-35-26-23-20-17-14-11-8-5-2/h8-9,11-12,17-18,20-21,26-27,35-36,43,46,52,55,61H,4-7,10,13-16,19,22-25,28-34,37-42,44-45,47-51,53-54,56-60H2,1-3H3/b11-8-,12-9-,20-17-,21-18-,35-26-,36-27-,46-43-,55-52-.